The lowest BCUT2D eigenvalue weighted by Gasteiger charge is -2.39. The summed E-state index contributed by atoms with van der Waals surface area (Å²) in [5, 5.41) is 0. The maximum atomic E-state index is 13.0. The molecule has 0 spiro atoms. The van der Waals surface area contributed by atoms with E-state index >= 15 is 0 Å². The molecule has 1 heterocycles. The summed E-state index contributed by atoms with van der Waals surface area (Å²) in [5.41, 5.74) is 0.169. The molecular formula is C22H33NO4S. The van der Waals surface area contributed by atoms with Crippen LogP contribution in [-0.2, 0) is 14.3 Å². The van der Waals surface area contributed by atoms with Gasteiger partial charge in [-0.1, -0.05) is 32.4 Å². The smallest absolute Gasteiger partial charge is 0.309 e. The second kappa shape index (κ2) is 11.0. The van der Waals surface area contributed by atoms with Crippen LogP contribution in [0.2, 0.25) is 0 Å². The molecule has 0 aromatic heterocycles. The van der Waals surface area contributed by atoms with Gasteiger partial charge in [-0.2, -0.15) is 0 Å². The monoisotopic (exact) mass is 407 g/mol. The van der Waals surface area contributed by atoms with Gasteiger partial charge in [0, 0.05) is 29.3 Å². The summed E-state index contributed by atoms with van der Waals surface area (Å²) in [7, 11) is 0. The Morgan fingerprint density at radius 3 is 2.46 bits per heavy atom. The first-order valence-corrected chi connectivity index (χ1v) is 11.1. The molecular weight excluding hydrogens is 374 g/mol. The highest BCUT2D eigenvalue weighted by atomic mass is 32.2. The number of thioether (sulfide) groups is 1. The molecule has 1 aromatic rings. The van der Waals surface area contributed by atoms with Crippen molar-refractivity contribution in [3.63, 3.8) is 0 Å². The largest absolute Gasteiger partial charge is 0.465 e. The molecule has 1 unspecified atom stereocenters. The molecule has 1 aliphatic rings. The van der Waals surface area contributed by atoms with Gasteiger partial charge >= 0.3 is 5.97 Å². The zero-order valence-electron chi connectivity index (χ0n) is 17.5. The number of rotatable bonds is 10. The summed E-state index contributed by atoms with van der Waals surface area (Å²) in [6.45, 7) is 11.3. The molecule has 5 nitrogen and oxygen atoms in total. The van der Waals surface area contributed by atoms with Crippen molar-refractivity contribution in [1.82, 2.24) is 4.90 Å². The van der Waals surface area contributed by atoms with E-state index in [-0.39, 0.29) is 17.7 Å². The summed E-state index contributed by atoms with van der Waals surface area (Å²) >= 11 is 1.61. The predicted molar refractivity (Wildman–Crippen MR) is 113 cm³/mol. The summed E-state index contributed by atoms with van der Waals surface area (Å²) in [5.74, 6) is 0.500. The number of ether oxygens (including phenoxy) is 2. The van der Waals surface area contributed by atoms with Crippen LogP contribution in [0.4, 0.5) is 0 Å². The third kappa shape index (κ3) is 6.33. The van der Waals surface area contributed by atoms with E-state index in [0.29, 0.717) is 31.1 Å². The highest BCUT2D eigenvalue weighted by Gasteiger charge is 2.35. The Bertz CT molecular complexity index is 638. The van der Waals surface area contributed by atoms with Gasteiger partial charge in [0.05, 0.1) is 31.3 Å². The maximum Gasteiger partial charge on any atom is 0.309 e. The van der Waals surface area contributed by atoms with Gasteiger partial charge in [0.2, 0.25) is 0 Å². The van der Waals surface area contributed by atoms with E-state index in [1.807, 2.05) is 45.0 Å². The van der Waals surface area contributed by atoms with Crippen molar-refractivity contribution < 1.29 is 19.1 Å². The highest BCUT2D eigenvalue weighted by Crippen LogP contribution is 2.25. The van der Waals surface area contributed by atoms with Crippen molar-refractivity contribution in [1.29, 1.82) is 0 Å². The standard InChI is InChI=1S/C22H33NO4S/c1-5-6-13-27-21(25)17(2)16-28-19-9-7-18(8-10-19)20(24)22(3,4)23-11-14-26-15-12-23/h7-10,17H,5-6,11-16H2,1-4H3. The van der Waals surface area contributed by atoms with Crippen molar-refractivity contribution in [3.05, 3.63) is 29.8 Å². The molecule has 1 saturated heterocycles. The summed E-state index contributed by atoms with van der Waals surface area (Å²) in [6, 6.07) is 7.69. The highest BCUT2D eigenvalue weighted by molar-refractivity contribution is 7.99. The first-order chi connectivity index (χ1) is 13.4. The maximum absolute atomic E-state index is 13.0. The van der Waals surface area contributed by atoms with Crippen LogP contribution in [0.5, 0.6) is 0 Å². The third-order valence-electron chi connectivity index (χ3n) is 5.12. The summed E-state index contributed by atoms with van der Waals surface area (Å²) < 4.78 is 10.7. The number of hydrogen-bond acceptors (Lipinski definition) is 6. The normalized spacial score (nSPS) is 16.6. The van der Waals surface area contributed by atoms with E-state index in [9.17, 15) is 9.59 Å². The van der Waals surface area contributed by atoms with Crippen LogP contribution in [0.1, 0.15) is 50.9 Å². The number of esters is 1. The van der Waals surface area contributed by atoms with Crippen LogP contribution in [0.15, 0.2) is 29.2 Å². The van der Waals surface area contributed by atoms with Gasteiger partial charge in [-0.3, -0.25) is 14.5 Å². The van der Waals surface area contributed by atoms with Gasteiger partial charge in [-0.15, -0.1) is 11.8 Å². The number of ketones is 1. The SMILES string of the molecule is CCCCOC(=O)C(C)CSc1ccc(C(=O)C(C)(C)N2CCOCC2)cc1. The van der Waals surface area contributed by atoms with E-state index in [1.165, 1.54) is 0 Å². The third-order valence-corrected chi connectivity index (χ3v) is 6.39. The fraction of sp³-hybridized carbons (Fsp3) is 0.636. The fourth-order valence-electron chi connectivity index (χ4n) is 3.07. The lowest BCUT2D eigenvalue weighted by molar-refractivity contribution is -0.147. The Hall–Kier alpha value is -1.37. The first-order valence-electron chi connectivity index (χ1n) is 10.1. The van der Waals surface area contributed by atoms with Gasteiger partial charge in [-0.05, 0) is 32.4 Å². The summed E-state index contributed by atoms with van der Waals surface area (Å²) in [6.07, 6.45) is 1.92. The zero-order chi connectivity index (χ0) is 20.6. The number of benzene rings is 1. The molecule has 6 heteroatoms. The van der Waals surface area contributed by atoms with E-state index in [1.54, 1.807) is 11.8 Å². The number of unbranched alkanes of at least 4 members (excludes halogenated alkanes) is 1. The topological polar surface area (TPSA) is 55.8 Å². The van der Waals surface area contributed by atoms with Crippen LogP contribution < -0.4 is 0 Å². The average Bonchev–Trinajstić information content (AvgIpc) is 2.72. The van der Waals surface area contributed by atoms with Crippen LogP contribution in [0, 0.1) is 5.92 Å². The van der Waals surface area contributed by atoms with Crippen LogP contribution in [-0.4, -0.2) is 60.9 Å². The second-order valence-electron chi connectivity index (χ2n) is 7.75. The fourth-order valence-corrected chi connectivity index (χ4v) is 3.98. The molecule has 1 fully saturated rings. The minimum absolute atomic E-state index is 0.124. The van der Waals surface area contributed by atoms with Crippen molar-refractivity contribution in [3.8, 4) is 0 Å². The minimum Gasteiger partial charge on any atom is -0.465 e. The molecule has 1 aliphatic heterocycles. The number of carbonyl (C=O) groups is 2. The van der Waals surface area contributed by atoms with Crippen molar-refractivity contribution in [2.24, 2.45) is 5.92 Å². The molecule has 1 atom stereocenters. The van der Waals surface area contributed by atoms with Gasteiger partial charge in [-0.25, -0.2) is 0 Å². The number of Topliss-reactive ketones (excluding diaryl/α,β-unsaturated/α-hetero) is 1. The molecule has 2 rings (SSSR count). The first kappa shape index (κ1) is 22.9. The molecule has 0 aliphatic carbocycles. The molecule has 0 amide bonds. The van der Waals surface area contributed by atoms with Crippen molar-refractivity contribution in [2.75, 3.05) is 38.7 Å². The van der Waals surface area contributed by atoms with Gasteiger partial charge in [0.25, 0.3) is 0 Å². The average molecular weight is 408 g/mol. The van der Waals surface area contributed by atoms with Gasteiger partial charge < -0.3 is 9.47 Å². The lowest BCUT2D eigenvalue weighted by Crippen LogP contribution is -2.54. The molecule has 1 aromatic carbocycles. The number of carbonyl (C=O) groups excluding carboxylic acids is 2. The molecule has 28 heavy (non-hydrogen) atoms. The Labute approximate surface area is 173 Å². The van der Waals surface area contributed by atoms with Crippen molar-refractivity contribution in [2.45, 2.75) is 51.0 Å². The van der Waals surface area contributed by atoms with Crippen LogP contribution in [0.3, 0.4) is 0 Å². The van der Waals surface area contributed by atoms with Crippen molar-refractivity contribution >= 4 is 23.5 Å². The molecule has 0 radical (unpaired) electrons. The van der Waals surface area contributed by atoms with E-state index in [0.717, 1.165) is 30.8 Å². The predicted octanol–water partition coefficient (Wildman–Crippen LogP) is 4.05. The quantitative estimate of drug-likeness (QED) is 0.252. The second-order valence-corrected chi connectivity index (χ2v) is 8.84. The van der Waals surface area contributed by atoms with Crippen LogP contribution >= 0.6 is 11.8 Å². The van der Waals surface area contributed by atoms with E-state index in [4.69, 9.17) is 9.47 Å². The molecule has 0 bridgehead atoms. The Balaban J connectivity index is 1.88. The summed E-state index contributed by atoms with van der Waals surface area (Å²) in [4.78, 5) is 28.2. The van der Waals surface area contributed by atoms with Gasteiger partial charge in [0.1, 0.15) is 0 Å². The van der Waals surface area contributed by atoms with E-state index in [2.05, 4.69) is 11.8 Å². The van der Waals surface area contributed by atoms with Crippen LogP contribution in [0.25, 0.3) is 0 Å². The Kier molecular flexibility index (Phi) is 8.99. The lowest BCUT2D eigenvalue weighted by atomic mass is 9.91. The Morgan fingerprint density at radius 1 is 1.21 bits per heavy atom. The van der Waals surface area contributed by atoms with E-state index < -0.39 is 5.54 Å². The van der Waals surface area contributed by atoms with Gasteiger partial charge in [0.15, 0.2) is 5.78 Å². The number of nitrogens with zero attached hydrogens (tertiary/aromatic N) is 1. The number of morpholine rings is 1. The molecule has 0 N–H and O–H groups in total. The number of hydrogen-bond donors (Lipinski definition) is 0. The minimum atomic E-state index is -0.546. The molecule has 0 saturated carbocycles. The zero-order valence-corrected chi connectivity index (χ0v) is 18.3. The Morgan fingerprint density at radius 2 is 1.86 bits per heavy atom. The molecule has 156 valence electrons.